The van der Waals surface area contributed by atoms with E-state index in [4.69, 9.17) is 25.8 Å². The van der Waals surface area contributed by atoms with Gasteiger partial charge in [0.05, 0.1) is 24.5 Å². The molecule has 0 aliphatic rings. The first-order valence-electron chi connectivity index (χ1n) is 10.3. The molecule has 0 aromatic heterocycles. The molecule has 0 aliphatic carbocycles. The van der Waals surface area contributed by atoms with Gasteiger partial charge < -0.3 is 14.2 Å². The van der Waals surface area contributed by atoms with Crippen LogP contribution in [0.4, 0.5) is 0 Å². The molecule has 3 aromatic carbocycles. The number of ether oxygens (including phenoxy) is 3. The minimum absolute atomic E-state index is 0.362. The van der Waals surface area contributed by atoms with Crippen molar-refractivity contribution in [3.8, 4) is 17.2 Å². The van der Waals surface area contributed by atoms with E-state index in [-0.39, 0.29) is 5.91 Å². The Labute approximate surface area is 192 Å². The number of hydrogen-bond acceptors (Lipinski definition) is 5. The highest BCUT2D eigenvalue weighted by molar-refractivity contribution is 6.32. The normalized spacial score (nSPS) is 10.7. The van der Waals surface area contributed by atoms with E-state index in [1.807, 2.05) is 50.2 Å². The molecular weight excluding hydrogens is 428 g/mol. The third-order valence-corrected chi connectivity index (χ3v) is 4.67. The van der Waals surface area contributed by atoms with Gasteiger partial charge in [-0.3, -0.25) is 4.79 Å². The summed E-state index contributed by atoms with van der Waals surface area (Å²) in [6.45, 7) is 5.16. The first-order chi connectivity index (χ1) is 15.6. The number of carbonyl (C=O) groups excluding carboxylic acids is 1. The molecule has 1 N–H and O–H groups in total. The lowest BCUT2D eigenvalue weighted by atomic mass is 10.2. The Hall–Kier alpha value is -3.51. The van der Waals surface area contributed by atoms with Gasteiger partial charge in [0, 0.05) is 5.56 Å². The van der Waals surface area contributed by atoms with Crippen LogP contribution in [0.3, 0.4) is 0 Å². The van der Waals surface area contributed by atoms with Crippen LogP contribution in [0.25, 0.3) is 0 Å². The predicted molar refractivity (Wildman–Crippen MR) is 126 cm³/mol. The smallest absolute Gasteiger partial charge is 0.271 e. The molecule has 0 radical (unpaired) electrons. The van der Waals surface area contributed by atoms with Gasteiger partial charge in [0.15, 0.2) is 11.5 Å². The van der Waals surface area contributed by atoms with Crippen molar-refractivity contribution < 1.29 is 19.0 Å². The maximum Gasteiger partial charge on any atom is 0.271 e. The molecule has 0 atom stereocenters. The molecular formula is C25H25ClN2O4. The van der Waals surface area contributed by atoms with Crippen LogP contribution in [-0.2, 0) is 6.61 Å². The number of halogens is 1. The zero-order valence-corrected chi connectivity index (χ0v) is 18.8. The number of hydrazone groups is 1. The molecule has 0 bridgehead atoms. The highest BCUT2D eigenvalue weighted by Gasteiger charge is 2.11. The largest absolute Gasteiger partial charge is 0.490 e. The van der Waals surface area contributed by atoms with E-state index in [1.165, 1.54) is 6.21 Å². The summed E-state index contributed by atoms with van der Waals surface area (Å²) in [6, 6.07) is 20.2. The fourth-order valence-electron chi connectivity index (χ4n) is 2.87. The van der Waals surface area contributed by atoms with Gasteiger partial charge in [-0.2, -0.15) is 5.10 Å². The first-order valence-corrected chi connectivity index (χ1v) is 10.7. The lowest BCUT2D eigenvalue weighted by Gasteiger charge is -2.11. The summed E-state index contributed by atoms with van der Waals surface area (Å²) in [5.41, 5.74) is 4.70. The van der Waals surface area contributed by atoms with E-state index in [0.29, 0.717) is 47.7 Å². The van der Waals surface area contributed by atoms with Crippen LogP contribution in [0.2, 0.25) is 5.02 Å². The fourth-order valence-corrected chi connectivity index (χ4v) is 3.12. The van der Waals surface area contributed by atoms with Crippen molar-refractivity contribution in [1.29, 1.82) is 0 Å². The van der Waals surface area contributed by atoms with Gasteiger partial charge in [0.25, 0.3) is 5.91 Å². The van der Waals surface area contributed by atoms with E-state index in [2.05, 4.69) is 10.5 Å². The molecule has 32 heavy (non-hydrogen) atoms. The van der Waals surface area contributed by atoms with E-state index < -0.39 is 0 Å². The Kier molecular flexibility index (Phi) is 8.52. The zero-order chi connectivity index (χ0) is 22.8. The van der Waals surface area contributed by atoms with Crippen LogP contribution in [0.1, 0.15) is 35.3 Å². The number of hydrogen-bond donors (Lipinski definition) is 1. The number of amides is 1. The van der Waals surface area contributed by atoms with Crippen molar-refractivity contribution in [2.24, 2.45) is 5.10 Å². The topological polar surface area (TPSA) is 69.2 Å². The second-order valence-electron chi connectivity index (χ2n) is 6.69. The molecule has 0 spiro atoms. The van der Waals surface area contributed by atoms with Crippen LogP contribution in [0.15, 0.2) is 71.8 Å². The summed E-state index contributed by atoms with van der Waals surface area (Å²) in [5, 5.41) is 4.48. The van der Waals surface area contributed by atoms with Gasteiger partial charge in [-0.05, 0) is 61.4 Å². The van der Waals surface area contributed by atoms with Crippen molar-refractivity contribution in [2.45, 2.75) is 20.5 Å². The monoisotopic (exact) mass is 452 g/mol. The predicted octanol–water partition coefficient (Wildman–Crippen LogP) is 5.48. The third-order valence-electron chi connectivity index (χ3n) is 4.38. The standard InChI is InChI=1S/C25H25ClN2O4/c1-3-30-23-13-11-20(15-24(23)31-4-2)25(29)28-27-16-19-10-12-22(21(26)14-19)32-17-18-8-6-5-7-9-18/h5-16H,3-4,17H2,1-2H3,(H,28,29)/b27-16+. The highest BCUT2D eigenvalue weighted by Crippen LogP contribution is 2.28. The molecule has 0 unspecified atom stereocenters. The van der Waals surface area contributed by atoms with E-state index >= 15 is 0 Å². The minimum atomic E-state index is -0.362. The summed E-state index contributed by atoms with van der Waals surface area (Å²) in [7, 11) is 0. The van der Waals surface area contributed by atoms with Gasteiger partial charge in [0.2, 0.25) is 0 Å². The van der Waals surface area contributed by atoms with Gasteiger partial charge in [0.1, 0.15) is 12.4 Å². The summed E-state index contributed by atoms with van der Waals surface area (Å²) in [4.78, 5) is 12.4. The quantitative estimate of drug-likeness (QED) is 0.326. The molecule has 6 nitrogen and oxygen atoms in total. The van der Waals surface area contributed by atoms with Gasteiger partial charge >= 0.3 is 0 Å². The fraction of sp³-hybridized carbons (Fsp3) is 0.200. The van der Waals surface area contributed by atoms with Crippen LogP contribution >= 0.6 is 11.6 Å². The zero-order valence-electron chi connectivity index (χ0n) is 18.0. The van der Waals surface area contributed by atoms with E-state index in [9.17, 15) is 4.79 Å². The summed E-state index contributed by atoms with van der Waals surface area (Å²) in [6.07, 6.45) is 1.52. The van der Waals surface area contributed by atoms with Gasteiger partial charge in [-0.25, -0.2) is 5.43 Å². The number of carbonyl (C=O) groups is 1. The van der Waals surface area contributed by atoms with E-state index in [0.717, 1.165) is 11.1 Å². The minimum Gasteiger partial charge on any atom is -0.490 e. The molecule has 0 fully saturated rings. The average Bonchev–Trinajstić information content (AvgIpc) is 2.80. The van der Waals surface area contributed by atoms with Crippen molar-refractivity contribution in [3.05, 3.63) is 88.4 Å². The van der Waals surface area contributed by atoms with Gasteiger partial charge in [-0.1, -0.05) is 41.9 Å². The number of nitrogens with zero attached hydrogens (tertiary/aromatic N) is 1. The molecule has 3 aromatic rings. The third kappa shape index (κ3) is 6.49. The Morgan fingerprint density at radius 1 is 0.906 bits per heavy atom. The van der Waals surface area contributed by atoms with Crippen LogP contribution in [0.5, 0.6) is 17.2 Å². The van der Waals surface area contributed by atoms with Gasteiger partial charge in [-0.15, -0.1) is 0 Å². The molecule has 7 heteroatoms. The molecule has 3 rings (SSSR count). The highest BCUT2D eigenvalue weighted by atomic mass is 35.5. The first kappa shape index (κ1) is 23.2. The van der Waals surface area contributed by atoms with Crippen LogP contribution in [-0.4, -0.2) is 25.3 Å². The lowest BCUT2D eigenvalue weighted by molar-refractivity contribution is 0.0954. The van der Waals surface area contributed by atoms with Crippen molar-refractivity contribution in [1.82, 2.24) is 5.43 Å². The molecule has 166 valence electrons. The van der Waals surface area contributed by atoms with E-state index in [1.54, 1.807) is 30.3 Å². The van der Waals surface area contributed by atoms with Crippen molar-refractivity contribution >= 4 is 23.7 Å². The summed E-state index contributed by atoms with van der Waals surface area (Å²) >= 11 is 6.32. The molecule has 0 saturated carbocycles. The Morgan fingerprint density at radius 3 is 2.34 bits per heavy atom. The van der Waals surface area contributed by atoms with Crippen molar-refractivity contribution in [2.75, 3.05) is 13.2 Å². The van der Waals surface area contributed by atoms with Crippen molar-refractivity contribution in [3.63, 3.8) is 0 Å². The van der Waals surface area contributed by atoms with Crippen LogP contribution in [0, 0.1) is 0 Å². The summed E-state index contributed by atoms with van der Waals surface area (Å²) < 4.78 is 16.8. The number of nitrogens with one attached hydrogen (secondary N) is 1. The molecule has 0 aliphatic heterocycles. The SMILES string of the molecule is CCOc1ccc(C(=O)N/N=C/c2ccc(OCc3ccccc3)c(Cl)c2)cc1OCC. The Morgan fingerprint density at radius 2 is 1.62 bits per heavy atom. The maximum atomic E-state index is 12.4. The second-order valence-corrected chi connectivity index (χ2v) is 7.10. The maximum absolute atomic E-state index is 12.4. The Bertz CT molecular complexity index is 1070. The molecule has 1 amide bonds. The molecule has 0 saturated heterocycles. The second kappa shape index (κ2) is 11.8. The molecule has 0 heterocycles. The number of rotatable bonds is 10. The summed E-state index contributed by atoms with van der Waals surface area (Å²) in [5.74, 6) is 1.33. The lowest BCUT2D eigenvalue weighted by Crippen LogP contribution is -2.17. The number of benzene rings is 3. The Balaban J connectivity index is 1.60. The van der Waals surface area contributed by atoms with Crippen LogP contribution < -0.4 is 19.6 Å². The average molecular weight is 453 g/mol.